The van der Waals surface area contributed by atoms with Crippen molar-refractivity contribution in [3.8, 4) is 0 Å². The van der Waals surface area contributed by atoms with Gasteiger partial charge >= 0.3 is 6.09 Å². The number of benzene rings is 2. The van der Waals surface area contributed by atoms with Crippen molar-refractivity contribution in [2.45, 2.75) is 26.3 Å². The highest BCUT2D eigenvalue weighted by Crippen LogP contribution is 2.27. The quantitative estimate of drug-likeness (QED) is 0.579. The minimum absolute atomic E-state index is 0.380. The third-order valence-corrected chi connectivity index (χ3v) is 3.84. The van der Waals surface area contributed by atoms with E-state index in [1.807, 2.05) is 37.3 Å². The first kappa shape index (κ1) is 17.6. The predicted molar refractivity (Wildman–Crippen MR) is 98.7 cm³/mol. The summed E-state index contributed by atoms with van der Waals surface area (Å²) in [6.45, 7) is 2.91. The second-order valence-corrected chi connectivity index (χ2v) is 5.54. The molecule has 0 spiro atoms. The number of hydrogen-bond acceptors (Lipinski definition) is 4. The van der Waals surface area contributed by atoms with Gasteiger partial charge in [-0.05, 0) is 42.3 Å². The Labute approximate surface area is 142 Å². The first-order chi connectivity index (χ1) is 11.6. The lowest BCUT2D eigenvalue weighted by Crippen LogP contribution is -2.30. The maximum absolute atomic E-state index is 11.4. The fraction of sp³-hybridized carbons (Fsp3) is 0.278. The largest absolute Gasteiger partial charge is 0.465 e. The minimum Gasteiger partial charge on any atom is -0.465 e. The van der Waals surface area contributed by atoms with Gasteiger partial charge in [0, 0.05) is 24.5 Å². The molecule has 6 N–H and O–H groups in total. The van der Waals surface area contributed by atoms with Gasteiger partial charge in [-0.3, -0.25) is 4.90 Å². The summed E-state index contributed by atoms with van der Waals surface area (Å²) in [5, 5.41) is 12.6. The van der Waals surface area contributed by atoms with Gasteiger partial charge in [0.2, 0.25) is 0 Å². The average molecular weight is 328 g/mol. The van der Waals surface area contributed by atoms with Crippen molar-refractivity contribution in [1.82, 2.24) is 0 Å². The van der Waals surface area contributed by atoms with Crippen LogP contribution in [0.25, 0.3) is 0 Å². The van der Waals surface area contributed by atoms with Crippen LogP contribution in [0.2, 0.25) is 0 Å². The van der Waals surface area contributed by atoms with Crippen LogP contribution in [0.1, 0.15) is 25.3 Å². The molecule has 128 valence electrons. The van der Waals surface area contributed by atoms with E-state index in [2.05, 4.69) is 5.32 Å². The molecule has 0 heterocycles. The molecule has 6 nitrogen and oxygen atoms in total. The summed E-state index contributed by atoms with van der Waals surface area (Å²) in [5.41, 5.74) is 15.5. The summed E-state index contributed by atoms with van der Waals surface area (Å²) < 4.78 is 0. The SMILES string of the molecule is CCCCN(C(=O)O)c1ccc(Nc2cccc(CN)c2N)cc1. The van der Waals surface area contributed by atoms with Crippen LogP contribution in [0, 0.1) is 0 Å². The van der Waals surface area contributed by atoms with Gasteiger partial charge in [0.1, 0.15) is 0 Å². The number of nitrogens with one attached hydrogen (secondary N) is 1. The fourth-order valence-corrected chi connectivity index (χ4v) is 2.43. The van der Waals surface area contributed by atoms with Crippen molar-refractivity contribution < 1.29 is 9.90 Å². The Hall–Kier alpha value is -2.73. The Morgan fingerprint density at radius 1 is 1.21 bits per heavy atom. The molecule has 2 rings (SSSR count). The zero-order valence-corrected chi connectivity index (χ0v) is 13.8. The highest BCUT2D eigenvalue weighted by molar-refractivity contribution is 5.86. The number of nitrogens with zero attached hydrogens (tertiary/aromatic N) is 1. The van der Waals surface area contributed by atoms with E-state index in [-0.39, 0.29) is 0 Å². The number of amides is 1. The van der Waals surface area contributed by atoms with Crippen LogP contribution >= 0.6 is 0 Å². The number of carboxylic acid groups (broad SMARTS) is 1. The molecule has 0 aromatic heterocycles. The summed E-state index contributed by atoms with van der Waals surface area (Å²) >= 11 is 0. The Morgan fingerprint density at radius 2 is 1.92 bits per heavy atom. The van der Waals surface area contributed by atoms with Gasteiger partial charge in [-0.1, -0.05) is 25.5 Å². The number of nitrogens with two attached hydrogens (primary N) is 2. The van der Waals surface area contributed by atoms with E-state index >= 15 is 0 Å². The van der Waals surface area contributed by atoms with Gasteiger partial charge in [0.05, 0.1) is 11.4 Å². The number of para-hydroxylation sites is 1. The molecule has 0 saturated carbocycles. The number of nitrogen functional groups attached to an aromatic ring is 1. The maximum Gasteiger partial charge on any atom is 0.411 e. The van der Waals surface area contributed by atoms with E-state index in [1.54, 1.807) is 12.1 Å². The lowest BCUT2D eigenvalue weighted by Gasteiger charge is -2.19. The Bertz CT molecular complexity index is 686. The molecule has 24 heavy (non-hydrogen) atoms. The van der Waals surface area contributed by atoms with Crippen LogP contribution in [0.3, 0.4) is 0 Å². The summed E-state index contributed by atoms with van der Waals surface area (Å²) in [6.07, 6.45) is 0.832. The zero-order valence-electron chi connectivity index (χ0n) is 13.8. The molecular weight excluding hydrogens is 304 g/mol. The van der Waals surface area contributed by atoms with Crippen LogP contribution in [0.4, 0.5) is 27.5 Å². The first-order valence-electron chi connectivity index (χ1n) is 8.01. The van der Waals surface area contributed by atoms with Crippen molar-refractivity contribution in [2.24, 2.45) is 5.73 Å². The third kappa shape index (κ3) is 4.17. The molecule has 0 unspecified atom stereocenters. The van der Waals surface area contributed by atoms with Gasteiger partial charge in [0.15, 0.2) is 0 Å². The number of unbranched alkanes of at least 4 members (excludes halogenated alkanes) is 1. The highest BCUT2D eigenvalue weighted by atomic mass is 16.4. The highest BCUT2D eigenvalue weighted by Gasteiger charge is 2.13. The average Bonchev–Trinajstić information content (AvgIpc) is 2.58. The van der Waals surface area contributed by atoms with Gasteiger partial charge in [-0.25, -0.2) is 4.79 Å². The van der Waals surface area contributed by atoms with E-state index < -0.39 is 6.09 Å². The molecule has 0 atom stereocenters. The molecule has 0 fully saturated rings. The van der Waals surface area contributed by atoms with E-state index in [1.165, 1.54) is 4.90 Å². The normalized spacial score (nSPS) is 10.4. The Balaban J connectivity index is 2.16. The molecule has 0 aliphatic carbocycles. The molecule has 1 amide bonds. The second kappa shape index (κ2) is 8.21. The lowest BCUT2D eigenvalue weighted by atomic mass is 10.1. The molecule has 2 aromatic rings. The van der Waals surface area contributed by atoms with Crippen LogP contribution in [0.5, 0.6) is 0 Å². The summed E-state index contributed by atoms with van der Waals surface area (Å²) in [7, 11) is 0. The molecule has 0 aliphatic heterocycles. The Kier molecular flexibility index (Phi) is 6.03. The maximum atomic E-state index is 11.4. The summed E-state index contributed by atoms with van der Waals surface area (Å²) in [5.74, 6) is 0. The molecular formula is C18H24N4O2. The molecule has 0 aliphatic rings. The van der Waals surface area contributed by atoms with E-state index in [9.17, 15) is 9.90 Å². The van der Waals surface area contributed by atoms with Crippen molar-refractivity contribution in [3.63, 3.8) is 0 Å². The first-order valence-corrected chi connectivity index (χ1v) is 8.01. The van der Waals surface area contributed by atoms with Gasteiger partial charge in [-0.15, -0.1) is 0 Å². The van der Waals surface area contributed by atoms with Crippen LogP contribution in [-0.4, -0.2) is 17.7 Å². The number of rotatable bonds is 7. The monoisotopic (exact) mass is 328 g/mol. The van der Waals surface area contributed by atoms with E-state index in [0.29, 0.717) is 24.5 Å². The van der Waals surface area contributed by atoms with Gasteiger partial charge in [0.25, 0.3) is 0 Å². The van der Waals surface area contributed by atoms with Gasteiger partial charge < -0.3 is 21.9 Å². The standard InChI is InChI=1S/C18H24N4O2/c1-2-3-11-22(18(23)24)15-9-7-14(8-10-15)21-16-6-4-5-13(12-19)17(16)20/h4-10,21H,2-3,11-12,19-20H2,1H3,(H,23,24). The topological polar surface area (TPSA) is 105 Å². The van der Waals surface area contributed by atoms with Crippen molar-refractivity contribution >= 4 is 28.8 Å². The third-order valence-electron chi connectivity index (χ3n) is 3.84. The van der Waals surface area contributed by atoms with E-state index in [4.69, 9.17) is 11.5 Å². The van der Waals surface area contributed by atoms with Crippen molar-refractivity contribution in [1.29, 1.82) is 0 Å². The predicted octanol–water partition coefficient (Wildman–Crippen LogP) is 3.76. The van der Waals surface area contributed by atoms with Crippen LogP contribution in [-0.2, 0) is 6.54 Å². The van der Waals surface area contributed by atoms with Gasteiger partial charge in [-0.2, -0.15) is 0 Å². The molecule has 6 heteroatoms. The summed E-state index contributed by atoms with van der Waals surface area (Å²) in [4.78, 5) is 12.7. The minimum atomic E-state index is -0.941. The summed E-state index contributed by atoms with van der Waals surface area (Å²) in [6, 6.07) is 12.9. The number of carbonyl (C=O) groups is 1. The number of anilines is 4. The Morgan fingerprint density at radius 3 is 2.50 bits per heavy atom. The molecule has 2 aromatic carbocycles. The van der Waals surface area contributed by atoms with E-state index in [0.717, 1.165) is 29.8 Å². The lowest BCUT2D eigenvalue weighted by molar-refractivity contribution is 0.201. The molecule has 0 saturated heterocycles. The zero-order chi connectivity index (χ0) is 17.5. The van der Waals surface area contributed by atoms with Crippen LogP contribution in [0.15, 0.2) is 42.5 Å². The smallest absolute Gasteiger partial charge is 0.411 e. The second-order valence-electron chi connectivity index (χ2n) is 5.54. The fourth-order valence-electron chi connectivity index (χ4n) is 2.43. The number of hydrogen-bond donors (Lipinski definition) is 4. The molecule has 0 radical (unpaired) electrons. The van der Waals surface area contributed by atoms with Crippen molar-refractivity contribution in [2.75, 3.05) is 22.5 Å². The van der Waals surface area contributed by atoms with Crippen LogP contribution < -0.4 is 21.7 Å². The van der Waals surface area contributed by atoms with Crippen molar-refractivity contribution in [3.05, 3.63) is 48.0 Å². The molecule has 0 bridgehead atoms.